The molecule has 3 rings (SSSR count). The van der Waals surface area contributed by atoms with Gasteiger partial charge in [-0.2, -0.15) is 13.2 Å². The number of likely N-dealkylation sites (tertiary alicyclic amines) is 1. The van der Waals surface area contributed by atoms with Crippen LogP contribution >= 0.6 is 0 Å². The maximum Gasteiger partial charge on any atom is 0.416 e. The zero-order valence-electron chi connectivity index (χ0n) is 22.1. The molecule has 11 heteroatoms. The fourth-order valence-corrected chi connectivity index (χ4v) is 6.68. The van der Waals surface area contributed by atoms with Crippen LogP contribution in [-0.2, 0) is 20.8 Å². The van der Waals surface area contributed by atoms with Crippen molar-refractivity contribution in [3.8, 4) is 0 Å². The average molecular weight is 546 g/mol. The molecule has 7 nitrogen and oxygen atoms in total. The average Bonchev–Trinajstić information content (AvgIpc) is 3.17. The van der Waals surface area contributed by atoms with Gasteiger partial charge in [0.05, 0.1) is 16.6 Å². The Hall–Kier alpha value is -2.14. The van der Waals surface area contributed by atoms with Gasteiger partial charge in [0.15, 0.2) is 9.84 Å². The SMILES string of the molecule is CC(C)N(C)[C@@H]1CC[C@H](N2CC[C@H](NC(=O)c3cccc(C(F)(F)F)c3)C2=O)[C@@H](CS(=O)(=O)C(C)C)C1. The smallest absolute Gasteiger partial charge is 0.340 e. The number of alkyl halides is 3. The van der Waals surface area contributed by atoms with Gasteiger partial charge in [0.2, 0.25) is 5.91 Å². The van der Waals surface area contributed by atoms with Crippen molar-refractivity contribution in [2.24, 2.45) is 5.92 Å². The molecule has 0 unspecified atom stereocenters. The molecule has 1 aliphatic heterocycles. The van der Waals surface area contributed by atoms with E-state index in [0.717, 1.165) is 24.6 Å². The van der Waals surface area contributed by atoms with Crippen LogP contribution in [0, 0.1) is 5.92 Å². The number of hydrogen-bond acceptors (Lipinski definition) is 5. The normalized spacial score (nSPS) is 25.4. The summed E-state index contributed by atoms with van der Waals surface area (Å²) < 4.78 is 64.9. The molecule has 208 valence electrons. The largest absolute Gasteiger partial charge is 0.416 e. The van der Waals surface area contributed by atoms with Crippen LogP contribution in [0.1, 0.15) is 69.3 Å². The summed E-state index contributed by atoms with van der Waals surface area (Å²) in [5, 5.41) is 2.07. The first-order valence-corrected chi connectivity index (χ1v) is 14.6. The van der Waals surface area contributed by atoms with Crippen molar-refractivity contribution in [1.82, 2.24) is 15.1 Å². The molecule has 37 heavy (non-hydrogen) atoms. The molecule has 1 heterocycles. The first kappa shape index (κ1) is 29.4. The van der Waals surface area contributed by atoms with Gasteiger partial charge in [0.1, 0.15) is 6.04 Å². The highest BCUT2D eigenvalue weighted by Crippen LogP contribution is 2.35. The fourth-order valence-electron chi connectivity index (χ4n) is 5.34. The molecule has 1 aliphatic carbocycles. The van der Waals surface area contributed by atoms with Crippen molar-refractivity contribution in [3.05, 3.63) is 35.4 Å². The van der Waals surface area contributed by atoms with Crippen LogP contribution in [0.25, 0.3) is 0 Å². The number of carbonyl (C=O) groups excluding carboxylic acids is 2. The third-order valence-electron chi connectivity index (χ3n) is 7.87. The Balaban J connectivity index is 1.75. The van der Waals surface area contributed by atoms with Gasteiger partial charge in [-0.1, -0.05) is 6.07 Å². The number of sulfone groups is 1. The van der Waals surface area contributed by atoms with Gasteiger partial charge in [0, 0.05) is 30.2 Å². The molecule has 4 atom stereocenters. The van der Waals surface area contributed by atoms with E-state index >= 15 is 0 Å². The molecule has 1 saturated heterocycles. The molecule has 0 radical (unpaired) electrons. The fraction of sp³-hybridized carbons (Fsp3) is 0.692. The van der Waals surface area contributed by atoms with E-state index in [9.17, 15) is 31.2 Å². The summed E-state index contributed by atoms with van der Waals surface area (Å²) in [6, 6.07) is 3.47. The molecule has 2 fully saturated rings. The van der Waals surface area contributed by atoms with Gasteiger partial charge in [-0.25, -0.2) is 8.42 Å². The quantitative estimate of drug-likeness (QED) is 0.538. The van der Waals surface area contributed by atoms with Gasteiger partial charge in [0.25, 0.3) is 5.91 Å². The minimum Gasteiger partial charge on any atom is -0.340 e. The van der Waals surface area contributed by atoms with E-state index in [1.807, 2.05) is 7.05 Å². The number of benzene rings is 1. The van der Waals surface area contributed by atoms with Crippen molar-refractivity contribution in [1.29, 1.82) is 0 Å². The minimum atomic E-state index is -4.58. The first-order chi connectivity index (χ1) is 17.1. The number of amides is 2. The second-order valence-corrected chi connectivity index (χ2v) is 13.5. The van der Waals surface area contributed by atoms with Gasteiger partial charge in [-0.05, 0) is 84.5 Å². The Morgan fingerprint density at radius 1 is 1.16 bits per heavy atom. The summed E-state index contributed by atoms with van der Waals surface area (Å²) in [6.07, 6.45) is -2.14. The number of nitrogens with one attached hydrogen (secondary N) is 1. The highest BCUT2D eigenvalue weighted by Gasteiger charge is 2.44. The topological polar surface area (TPSA) is 86.8 Å². The monoisotopic (exact) mass is 545 g/mol. The van der Waals surface area contributed by atoms with Gasteiger partial charge >= 0.3 is 6.18 Å². The number of nitrogens with zero attached hydrogens (tertiary/aromatic N) is 2. The van der Waals surface area contributed by atoms with Gasteiger partial charge < -0.3 is 15.1 Å². The maximum atomic E-state index is 13.3. The Morgan fingerprint density at radius 3 is 2.43 bits per heavy atom. The highest BCUT2D eigenvalue weighted by molar-refractivity contribution is 7.91. The summed E-state index contributed by atoms with van der Waals surface area (Å²) in [6.45, 7) is 7.86. The molecule has 1 saturated carbocycles. The van der Waals surface area contributed by atoms with E-state index in [1.165, 1.54) is 6.07 Å². The number of rotatable bonds is 8. The summed E-state index contributed by atoms with van der Waals surface area (Å²) in [5.74, 6) is -1.31. The van der Waals surface area contributed by atoms with Crippen molar-refractivity contribution in [2.45, 2.75) is 89.0 Å². The predicted molar refractivity (Wildman–Crippen MR) is 136 cm³/mol. The van der Waals surface area contributed by atoms with Crippen LogP contribution in [0.3, 0.4) is 0 Å². The second-order valence-electron chi connectivity index (χ2n) is 10.9. The molecule has 2 amide bonds. The van der Waals surface area contributed by atoms with Crippen molar-refractivity contribution in [3.63, 3.8) is 0 Å². The molecule has 0 spiro atoms. The Labute approximate surface area is 217 Å². The number of hydrogen-bond donors (Lipinski definition) is 1. The highest BCUT2D eigenvalue weighted by atomic mass is 32.2. The van der Waals surface area contributed by atoms with E-state index in [0.29, 0.717) is 31.8 Å². The maximum absolute atomic E-state index is 13.3. The van der Waals surface area contributed by atoms with Crippen LogP contribution in [0.2, 0.25) is 0 Å². The summed E-state index contributed by atoms with van der Waals surface area (Å²) in [7, 11) is -1.32. The Bertz CT molecular complexity index is 1090. The van der Waals surface area contributed by atoms with E-state index < -0.39 is 38.8 Å². The molecule has 1 aromatic carbocycles. The third kappa shape index (κ3) is 6.85. The third-order valence-corrected chi connectivity index (χ3v) is 10.2. The molecule has 0 bridgehead atoms. The van der Waals surface area contributed by atoms with Crippen molar-refractivity contribution in [2.75, 3.05) is 19.3 Å². The lowest BCUT2D eigenvalue weighted by Gasteiger charge is -2.44. The van der Waals surface area contributed by atoms with Gasteiger partial charge in [-0.3, -0.25) is 9.59 Å². The van der Waals surface area contributed by atoms with Crippen LogP contribution in [0.5, 0.6) is 0 Å². The van der Waals surface area contributed by atoms with E-state index in [-0.39, 0.29) is 35.2 Å². The Kier molecular flexibility index (Phi) is 8.99. The molecule has 1 N–H and O–H groups in total. The summed E-state index contributed by atoms with van der Waals surface area (Å²) in [4.78, 5) is 29.9. The molecular formula is C26H38F3N3O4S. The molecular weight excluding hydrogens is 507 g/mol. The van der Waals surface area contributed by atoms with E-state index in [4.69, 9.17) is 0 Å². The molecule has 1 aromatic rings. The number of carbonyl (C=O) groups is 2. The lowest BCUT2D eigenvalue weighted by atomic mass is 9.81. The van der Waals surface area contributed by atoms with Crippen LogP contribution in [-0.4, -0.2) is 78.8 Å². The number of halogens is 3. The lowest BCUT2D eigenvalue weighted by Crippen LogP contribution is -2.53. The van der Waals surface area contributed by atoms with Crippen LogP contribution < -0.4 is 5.32 Å². The van der Waals surface area contributed by atoms with Crippen molar-refractivity contribution < 1.29 is 31.2 Å². The predicted octanol–water partition coefficient (Wildman–Crippen LogP) is 3.74. The van der Waals surface area contributed by atoms with Crippen LogP contribution in [0.4, 0.5) is 13.2 Å². The van der Waals surface area contributed by atoms with E-state index in [2.05, 4.69) is 24.1 Å². The Morgan fingerprint density at radius 2 is 1.84 bits per heavy atom. The van der Waals surface area contributed by atoms with Crippen molar-refractivity contribution >= 4 is 21.7 Å². The molecule has 2 aliphatic rings. The van der Waals surface area contributed by atoms with Crippen LogP contribution in [0.15, 0.2) is 24.3 Å². The zero-order chi connectivity index (χ0) is 27.7. The minimum absolute atomic E-state index is 0.0111. The standard InChI is InChI=1S/C26H38F3N3O4S/c1-16(2)31(5)21-9-10-23(19(14-21)15-37(35,36)17(3)4)32-12-11-22(25(32)34)30-24(33)18-7-6-8-20(13-18)26(27,28)29/h6-8,13,16-17,19,21-23H,9-12,14-15H2,1-5H3,(H,30,33)/t19-,21-,22+,23+/m1/s1. The molecule has 0 aromatic heterocycles. The summed E-state index contributed by atoms with van der Waals surface area (Å²) >= 11 is 0. The first-order valence-electron chi connectivity index (χ1n) is 12.8. The van der Waals surface area contributed by atoms with E-state index in [1.54, 1.807) is 18.7 Å². The van der Waals surface area contributed by atoms with Gasteiger partial charge in [-0.15, -0.1) is 0 Å². The lowest BCUT2D eigenvalue weighted by molar-refractivity contribution is -0.137. The second kappa shape index (κ2) is 11.3. The summed E-state index contributed by atoms with van der Waals surface area (Å²) in [5.41, 5.74) is -1.10. The zero-order valence-corrected chi connectivity index (χ0v) is 22.9.